The van der Waals surface area contributed by atoms with Gasteiger partial charge in [0.1, 0.15) is 11.5 Å². The number of hydrogen-bond donors (Lipinski definition) is 1. The van der Waals surface area contributed by atoms with Crippen LogP contribution in [0, 0.1) is 18.3 Å². The molecule has 0 saturated carbocycles. The predicted molar refractivity (Wildman–Crippen MR) is 70.5 cm³/mol. The zero-order valence-corrected chi connectivity index (χ0v) is 10.8. The first-order valence-corrected chi connectivity index (χ1v) is 5.97. The Bertz CT molecular complexity index is 638. The summed E-state index contributed by atoms with van der Waals surface area (Å²) >= 11 is 0. The van der Waals surface area contributed by atoms with Crippen LogP contribution in [0.5, 0.6) is 0 Å². The van der Waals surface area contributed by atoms with E-state index in [1.54, 1.807) is 24.3 Å². The highest BCUT2D eigenvalue weighted by Gasteiger charge is 2.14. The van der Waals surface area contributed by atoms with Gasteiger partial charge in [-0.1, -0.05) is 6.07 Å². The quantitative estimate of drug-likeness (QED) is 0.915. The second-order valence-corrected chi connectivity index (χ2v) is 4.34. The summed E-state index contributed by atoms with van der Waals surface area (Å²) < 4.78 is 5.46. The summed E-state index contributed by atoms with van der Waals surface area (Å²) in [4.78, 5) is 12.0. The molecule has 0 aliphatic heterocycles. The normalized spacial score (nSPS) is 11.6. The number of benzene rings is 1. The number of furan rings is 1. The average Bonchev–Trinajstić information content (AvgIpc) is 2.85. The molecule has 2 rings (SSSR count). The van der Waals surface area contributed by atoms with Crippen molar-refractivity contribution in [1.82, 2.24) is 5.32 Å². The number of hydrogen-bond acceptors (Lipinski definition) is 3. The fourth-order valence-electron chi connectivity index (χ4n) is 1.77. The maximum Gasteiger partial charge on any atom is 0.251 e. The molecule has 1 aromatic carbocycles. The van der Waals surface area contributed by atoms with Crippen molar-refractivity contribution in [2.45, 2.75) is 19.9 Å². The summed E-state index contributed by atoms with van der Waals surface area (Å²) in [6.45, 7) is 3.71. The van der Waals surface area contributed by atoms with Crippen LogP contribution in [0.25, 0.3) is 0 Å². The monoisotopic (exact) mass is 254 g/mol. The van der Waals surface area contributed by atoms with Gasteiger partial charge in [-0.25, -0.2) is 0 Å². The van der Waals surface area contributed by atoms with E-state index in [1.165, 1.54) is 0 Å². The van der Waals surface area contributed by atoms with Crippen LogP contribution in [0.1, 0.15) is 40.4 Å². The number of nitriles is 1. The van der Waals surface area contributed by atoms with Gasteiger partial charge in [0.2, 0.25) is 0 Å². The largest absolute Gasteiger partial charge is 0.464 e. The molecular formula is C15H14N2O2. The Kier molecular flexibility index (Phi) is 3.67. The Hall–Kier alpha value is -2.54. The lowest BCUT2D eigenvalue weighted by atomic mass is 10.1. The molecule has 0 bridgehead atoms. The lowest BCUT2D eigenvalue weighted by molar-refractivity contribution is 0.0935. The van der Waals surface area contributed by atoms with Gasteiger partial charge >= 0.3 is 0 Å². The van der Waals surface area contributed by atoms with Crippen LogP contribution >= 0.6 is 0 Å². The molecule has 2 aromatic rings. The Morgan fingerprint density at radius 1 is 1.37 bits per heavy atom. The molecule has 1 heterocycles. The third kappa shape index (κ3) is 3.02. The highest BCUT2D eigenvalue weighted by Crippen LogP contribution is 2.16. The Labute approximate surface area is 111 Å². The van der Waals surface area contributed by atoms with E-state index < -0.39 is 0 Å². The van der Waals surface area contributed by atoms with Crippen molar-refractivity contribution in [3.8, 4) is 6.07 Å². The molecule has 0 aliphatic carbocycles. The third-order valence-corrected chi connectivity index (χ3v) is 2.79. The van der Waals surface area contributed by atoms with Crippen LogP contribution in [0.2, 0.25) is 0 Å². The molecule has 1 atom stereocenters. The molecule has 1 amide bonds. The van der Waals surface area contributed by atoms with E-state index in [2.05, 4.69) is 5.32 Å². The zero-order chi connectivity index (χ0) is 13.8. The van der Waals surface area contributed by atoms with Gasteiger partial charge in [0.05, 0.1) is 17.7 Å². The molecule has 0 aliphatic rings. The summed E-state index contributed by atoms with van der Waals surface area (Å²) in [7, 11) is 0. The average molecular weight is 254 g/mol. The number of aryl methyl sites for hydroxylation is 1. The number of nitrogens with one attached hydrogen (secondary N) is 1. The Morgan fingerprint density at radius 2 is 2.16 bits per heavy atom. The highest BCUT2D eigenvalue weighted by atomic mass is 16.3. The van der Waals surface area contributed by atoms with Crippen molar-refractivity contribution in [3.63, 3.8) is 0 Å². The fourth-order valence-corrected chi connectivity index (χ4v) is 1.77. The van der Waals surface area contributed by atoms with E-state index in [0.29, 0.717) is 16.9 Å². The van der Waals surface area contributed by atoms with Gasteiger partial charge in [0.25, 0.3) is 5.91 Å². The van der Waals surface area contributed by atoms with Crippen molar-refractivity contribution in [2.75, 3.05) is 0 Å². The molecule has 0 radical (unpaired) electrons. The van der Waals surface area contributed by atoms with Gasteiger partial charge in [-0.3, -0.25) is 4.79 Å². The van der Waals surface area contributed by atoms with Crippen LogP contribution in [-0.2, 0) is 0 Å². The number of rotatable bonds is 3. The molecule has 1 N–H and O–H groups in total. The lowest BCUT2D eigenvalue weighted by Crippen LogP contribution is -2.26. The molecule has 19 heavy (non-hydrogen) atoms. The molecule has 0 saturated heterocycles. The summed E-state index contributed by atoms with van der Waals surface area (Å²) in [5, 5.41) is 11.6. The lowest BCUT2D eigenvalue weighted by Gasteiger charge is -2.11. The van der Waals surface area contributed by atoms with Gasteiger partial charge in [0, 0.05) is 5.56 Å². The first kappa shape index (κ1) is 12.9. The van der Waals surface area contributed by atoms with E-state index in [9.17, 15) is 4.79 Å². The van der Waals surface area contributed by atoms with Gasteiger partial charge in [-0.2, -0.15) is 5.26 Å². The van der Waals surface area contributed by atoms with Crippen LogP contribution in [0.3, 0.4) is 0 Å². The molecule has 1 aromatic heterocycles. The minimum absolute atomic E-state index is 0.216. The number of carbonyl (C=O) groups is 1. The number of amides is 1. The smallest absolute Gasteiger partial charge is 0.251 e. The van der Waals surface area contributed by atoms with E-state index in [0.717, 1.165) is 5.76 Å². The van der Waals surface area contributed by atoms with Crippen LogP contribution in [0.4, 0.5) is 0 Å². The summed E-state index contributed by atoms with van der Waals surface area (Å²) in [6.07, 6.45) is 0. The van der Waals surface area contributed by atoms with Crippen LogP contribution < -0.4 is 5.32 Å². The standard InChI is InChI=1S/C15H14N2O2/c1-10-6-7-14(19-10)11(2)17-15(18)13-5-3-4-12(8-13)9-16/h3-8,11H,1-2H3,(H,17,18). The van der Waals surface area contributed by atoms with E-state index in [1.807, 2.05) is 32.0 Å². The predicted octanol–water partition coefficient (Wildman–Crippen LogP) is 2.95. The molecule has 0 spiro atoms. The van der Waals surface area contributed by atoms with Crippen LogP contribution in [0.15, 0.2) is 40.8 Å². The van der Waals surface area contributed by atoms with Gasteiger partial charge in [0.15, 0.2) is 0 Å². The first-order valence-electron chi connectivity index (χ1n) is 5.97. The maximum absolute atomic E-state index is 12.0. The number of nitrogens with zero attached hydrogens (tertiary/aromatic N) is 1. The second-order valence-electron chi connectivity index (χ2n) is 4.34. The Balaban J connectivity index is 2.10. The van der Waals surface area contributed by atoms with Crippen molar-refractivity contribution in [3.05, 3.63) is 59.0 Å². The zero-order valence-electron chi connectivity index (χ0n) is 10.8. The SMILES string of the molecule is Cc1ccc(C(C)NC(=O)c2cccc(C#N)c2)o1. The molecule has 4 heteroatoms. The highest BCUT2D eigenvalue weighted by molar-refractivity contribution is 5.94. The first-order chi connectivity index (χ1) is 9.10. The van der Waals surface area contributed by atoms with Crippen molar-refractivity contribution >= 4 is 5.91 Å². The molecular weight excluding hydrogens is 240 g/mol. The topological polar surface area (TPSA) is 66.0 Å². The van der Waals surface area contributed by atoms with Gasteiger partial charge in [-0.05, 0) is 44.2 Å². The second kappa shape index (κ2) is 5.40. The van der Waals surface area contributed by atoms with Gasteiger partial charge in [-0.15, -0.1) is 0 Å². The van der Waals surface area contributed by atoms with Crippen LogP contribution in [-0.4, -0.2) is 5.91 Å². The fraction of sp³-hybridized carbons (Fsp3) is 0.200. The Morgan fingerprint density at radius 3 is 2.79 bits per heavy atom. The summed E-state index contributed by atoms with van der Waals surface area (Å²) in [5.41, 5.74) is 0.934. The number of carbonyl (C=O) groups excluding carboxylic acids is 1. The van der Waals surface area contributed by atoms with Gasteiger partial charge < -0.3 is 9.73 Å². The summed E-state index contributed by atoms with van der Waals surface area (Å²) in [6, 6.07) is 12.1. The molecule has 1 unspecified atom stereocenters. The van der Waals surface area contributed by atoms with E-state index in [4.69, 9.17) is 9.68 Å². The minimum atomic E-state index is -0.223. The summed E-state index contributed by atoms with van der Waals surface area (Å²) in [5.74, 6) is 1.29. The molecule has 96 valence electrons. The third-order valence-electron chi connectivity index (χ3n) is 2.79. The minimum Gasteiger partial charge on any atom is -0.464 e. The van der Waals surface area contributed by atoms with Crippen molar-refractivity contribution in [1.29, 1.82) is 5.26 Å². The van der Waals surface area contributed by atoms with Crippen molar-refractivity contribution in [2.24, 2.45) is 0 Å². The maximum atomic E-state index is 12.0. The molecule has 4 nitrogen and oxygen atoms in total. The molecule has 0 fully saturated rings. The van der Waals surface area contributed by atoms with Crippen molar-refractivity contribution < 1.29 is 9.21 Å². The van der Waals surface area contributed by atoms with E-state index in [-0.39, 0.29) is 11.9 Å². The van der Waals surface area contributed by atoms with E-state index >= 15 is 0 Å².